The number of rotatable bonds is 6. The molecule has 0 radical (unpaired) electrons. The van der Waals surface area contributed by atoms with Crippen molar-refractivity contribution in [1.29, 1.82) is 0 Å². The van der Waals surface area contributed by atoms with Crippen LogP contribution in [0.3, 0.4) is 0 Å². The van der Waals surface area contributed by atoms with Crippen LogP contribution in [0.25, 0.3) is 0 Å². The normalized spacial score (nSPS) is 17.4. The van der Waals surface area contributed by atoms with Crippen LogP contribution in [0.15, 0.2) is 0 Å². The molecule has 1 rings (SSSR count). The highest BCUT2D eigenvalue weighted by atomic mass is 31.2. The van der Waals surface area contributed by atoms with E-state index in [1.165, 1.54) is 32.1 Å². The van der Waals surface area contributed by atoms with Crippen molar-refractivity contribution in [3.05, 3.63) is 0 Å². The van der Waals surface area contributed by atoms with E-state index in [4.69, 9.17) is 4.89 Å². The first-order chi connectivity index (χ1) is 11.2. The Balaban J connectivity index is 0.000000496. The molecule has 5 nitrogen and oxygen atoms in total. The minimum absolute atomic E-state index is 0.670. The Bertz CT molecular complexity index is 388. The maximum atomic E-state index is 11.4. The van der Waals surface area contributed by atoms with Crippen LogP contribution in [0.5, 0.6) is 0 Å². The zero-order valence-electron chi connectivity index (χ0n) is 14.0. The van der Waals surface area contributed by atoms with Gasteiger partial charge in [0.25, 0.3) is 0 Å². The van der Waals surface area contributed by atoms with E-state index in [-0.39, 0.29) is 0 Å². The van der Waals surface area contributed by atoms with Crippen molar-refractivity contribution in [3.63, 3.8) is 0 Å². The SMILES string of the molecule is CC(C)NC1CCCCC1.O=P(O)(OCC(F)(F)F)OCC(F)(F)F. The minimum Gasteiger partial charge on any atom is -0.312 e. The zero-order valence-corrected chi connectivity index (χ0v) is 14.9. The number of phosphoric ester groups is 1. The van der Waals surface area contributed by atoms with Gasteiger partial charge in [-0.25, -0.2) is 4.57 Å². The van der Waals surface area contributed by atoms with Crippen LogP contribution >= 0.6 is 7.82 Å². The van der Waals surface area contributed by atoms with Gasteiger partial charge >= 0.3 is 20.2 Å². The summed E-state index contributed by atoms with van der Waals surface area (Å²) in [5.74, 6) is 0. The van der Waals surface area contributed by atoms with E-state index < -0.39 is 33.4 Å². The number of nitrogens with one attached hydrogen (secondary N) is 1. The fourth-order valence-electron chi connectivity index (χ4n) is 2.09. The topological polar surface area (TPSA) is 67.8 Å². The summed E-state index contributed by atoms with van der Waals surface area (Å²) in [6.45, 7) is 0.125. The quantitative estimate of drug-likeness (QED) is 0.503. The molecule has 1 saturated carbocycles. The summed E-state index contributed by atoms with van der Waals surface area (Å²) >= 11 is 0. The van der Waals surface area contributed by atoms with Crippen LogP contribution in [0, 0.1) is 0 Å². The van der Waals surface area contributed by atoms with Gasteiger partial charge in [-0.2, -0.15) is 26.3 Å². The fourth-order valence-corrected chi connectivity index (χ4v) is 2.78. The van der Waals surface area contributed by atoms with Gasteiger partial charge in [0, 0.05) is 12.1 Å². The molecule has 0 aromatic carbocycles. The molecular formula is C13H24F6NO4P. The van der Waals surface area contributed by atoms with Crippen LogP contribution in [0.1, 0.15) is 46.0 Å². The fraction of sp³-hybridized carbons (Fsp3) is 1.00. The van der Waals surface area contributed by atoms with E-state index in [2.05, 4.69) is 28.2 Å². The number of hydrogen-bond donors (Lipinski definition) is 2. The molecule has 0 aromatic heterocycles. The minimum atomic E-state index is -5.33. The number of alkyl halides is 6. The molecule has 0 heterocycles. The smallest absolute Gasteiger partial charge is 0.312 e. The van der Waals surface area contributed by atoms with Crippen molar-refractivity contribution in [2.45, 2.75) is 70.4 Å². The molecule has 1 aliphatic carbocycles. The largest absolute Gasteiger partial charge is 0.472 e. The summed E-state index contributed by atoms with van der Waals surface area (Å²) in [7, 11) is -5.33. The Hall–Kier alpha value is -0.350. The average molecular weight is 403 g/mol. The Labute approximate surface area is 142 Å². The van der Waals surface area contributed by atoms with Gasteiger partial charge in [0.1, 0.15) is 0 Å². The number of phosphoric acid groups is 1. The van der Waals surface area contributed by atoms with Crippen LogP contribution in [0.4, 0.5) is 26.3 Å². The Morgan fingerprint density at radius 1 is 1.00 bits per heavy atom. The molecule has 152 valence electrons. The van der Waals surface area contributed by atoms with Crippen molar-refractivity contribution in [1.82, 2.24) is 5.32 Å². The van der Waals surface area contributed by atoms with Crippen molar-refractivity contribution in [2.24, 2.45) is 0 Å². The molecule has 0 atom stereocenters. The van der Waals surface area contributed by atoms with Crippen molar-refractivity contribution < 1.29 is 44.8 Å². The molecule has 0 amide bonds. The van der Waals surface area contributed by atoms with Crippen LogP contribution in [0.2, 0.25) is 0 Å². The Kier molecular flexibility index (Phi) is 10.6. The van der Waals surface area contributed by atoms with E-state index in [0.29, 0.717) is 6.04 Å². The van der Waals surface area contributed by atoms with Crippen LogP contribution in [-0.2, 0) is 13.6 Å². The first kappa shape index (κ1) is 24.7. The molecule has 0 unspecified atom stereocenters. The van der Waals surface area contributed by atoms with Crippen molar-refractivity contribution >= 4 is 7.82 Å². The molecule has 1 fully saturated rings. The number of halogens is 6. The van der Waals surface area contributed by atoms with Gasteiger partial charge < -0.3 is 10.2 Å². The molecule has 2 N–H and O–H groups in total. The lowest BCUT2D eigenvalue weighted by Gasteiger charge is -2.24. The average Bonchev–Trinajstić information content (AvgIpc) is 2.43. The summed E-state index contributed by atoms with van der Waals surface area (Å²) in [4.78, 5) is 8.35. The van der Waals surface area contributed by atoms with E-state index >= 15 is 0 Å². The second kappa shape index (κ2) is 10.7. The van der Waals surface area contributed by atoms with Gasteiger partial charge in [0.05, 0.1) is 0 Å². The standard InChI is InChI=1S/C9H19N.C4H5F6O4P/c1-8(2)10-9-6-4-3-5-7-9;5-3(6,7)1-13-15(11,12)14-2-4(8,9)10/h8-10H,3-7H2,1-2H3;1-2H2,(H,11,12). The second-order valence-corrected chi connectivity index (χ2v) is 7.36. The Morgan fingerprint density at radius 3 is 1.72 bits per heavy atom. The monoisotopic (exact) mass is 403 g/mol. The number of hydrogen-bond acceptors (Lipinski definition) is 4. The van der Waals surface area contributed by atoms with E-state index in [9.17, 15) is 30.9 Å². The van der Waals surface area contributed by atoms with Gasteiger partial charge in [-0.05, 0) is 12.8 Å². The lowest BCUT2D eigenvalue weighted by molar-refractivity contribution is -0.169. The lowest BCUT2D eigenvalue weighted by atomic mass is 9.95. The molecule has 25 heavy (non-hydrogen) atoms. The van der Waals surface area contributed by atoms with Gasteiger partial charge in [-0.15, -0.1) is 0 Å². The summed E-state index contributed by atoms with van der Waals surface area (Å²) < 4.78 is 85.5. The molecule has 0 saturated heterocycles. The third kappa shape index (κ3) is 16.8. The third-order valence-electron chi connectivity index (χ3n) is 2.96. The van der Waals surface area contributed by atoms with Crippen LogP contribution < -0.4 is 5.32 Å². The Morgan fingerprint density at radius 2 is 1.40 bits per heavy atom. The second-order valence-electron chi connectivity index (χ2n) is 5.90. The van der Waals surface area contributed by atoms with Crippen molar-refractivity contribution in [3.8, 4) is 0 Å². The maximum absolute atomic E-state index is 11.4. The maximum Gasteiger partial charge on any atom is 0.472 e. The highest BCUT2D eigenvalue weighted by molar-refractivity contribution is 7.47. The van der Waals surface area contributed by atoms with Gasteiger partial charge in [-0.1, -0.05) is 33.1 Å². The molecule has 0 spiro atoms. The summed E-state index contributed by atoms with van der Waals surface area (Å²) in [6.07, 6.45) is -2.73. The van der Waals surface area contributed by atoms with Gasteiger partial charge in [0.15, 0.2) is 13.2 Å². The zero-order chi connectivity index (χ0) is 19.7. The summed E-state index contributed by atoms with van der Waals surface area (Å²) in [5.41, 5.74) is 0. The van der Waals surface area contributed by atoms with E-state index in [0.717, 1.165) is 6.04 Å². The molecule has 0 aliphatic heterocycles. The van der Waals surface area contributed by atoms with Crippen LogP contribution in [-0.4, -0.2) is 42.5 Å². The first-order valence-electron chi connectivity index (χ1n) is 7.71. The molecule has 0 aromatic rings. The summed E-state index contributed by atoms with van der Waals surface area (Å²) in [6, 6.07) is 1.50. The third-order valence-corrected chi connectivity index (χ3v) is 3.87. The van der Waals surface area contributed by atoms with Crippen molar-refractivity contribution in [2.75, 3.05) is 13.2 Å². The first-order valence-corrected chi connectivity index (χ1v) is 9.21. The predicted molar refractivity (Wildman–Crippen MR) is 79.0 cm³/mol. The molecule has 1 aliphatic rings. The predicted octanol–water partition coefficient (Wildman–Crippen LogP) is 4.56. The van der Waals surface area contributed by atoms with E-state index in [1.54, 1.807) is 0 Å². The summed E-state index contributed by atoms with van der Waals surface area (Å²) in [5, 5.41) is 3.58. The highest BCUT2D eigenvalue weighted by Gasteiger charge is 2.37. The molecule has 0 bridgehead atoms. The lowest BCUT2D eigenvalue weighted by Crippen LogP contribution is -2.35. The van der Waals surface area contributed by atoms with Gasteiger partial charge in [0.2, 0.25) is 0 Å². The molecular weight excluding hydrogens is 379 g/mol. The highest BCUT2D eigenvalue weighted by Crippen LogP contribution is 2.45. The molecule has 12 heteroatoms. The van der Waals surface area contributed by atoms with Gasteiger partial charge in [-0.3, -0.25) is 9.05 Å². The van der Waals surface area contributed by atoms with E-state index in [1.807, 2.05) is 0 Å².